The number of hydrogen-bond donors (Lipinski definition) is 2. The van der Waals surface area contributed by atoms with E-state index >= 15 is 0 Å². The number of sulfonamides is 1. The predicted octanol–water partition coefficient (Wildman–Crippen LogP) is 3.20. The van der Waals surface area contributed by atoms with Crippen molar-refractivity contribution >= 4 is 48.3 Å². The van der Waals surface area contributed by atoms with Crippen molar-refractivity contribution in [3.63, 3.8) is 0 Å². The standard InChI is InChI=1S/C15H11F2N3O3S2/c1-25(22,23)20-15-19-11-6-5-8(7-12(11)24-15)18-14(21)13-9(16)3-2-4-10(13)17/h2-7H,1H3,(H,18,21)(H,19,20). The van der Waals surface area contributed by atoms with Crippen LogP contribution in [-0.4, -0.2) is 25.6 Å². The second-order valence-electron chi connectivity index (χ2n) is 5.13. The van der Waals surface area contributed by atoms with Crippen LogP contribution >= 0.6 is 11.3 Å². The number of nitrogens with one attached hydrogen (secondary N) is 2. The Morgan fingerprint density at radius 3 is 2.48 bits per heavy atom. The predicted molar refractivity (Wildman–Crippen MR) is 92.4 cm³/mol. The zero-order valence-electron chi connectivity index (χ0n) is 12.7. The summed E-state index contributed by atoms with van der Waals surface area (Å²) in [7, 11) is -3.45. The summed E-state index contributed by atoms with van der Waals surface area (Å²) in [5.74, 6) is -2.85. The van der Waals surface area contributed by atoms with Crippen molar-refractivity contribution in [2.24, 2.45) is 0 Å². The van der Waals surface area contributed by atoms with Crippen molar-refractivity contribution in [3.05, 3.63) is 53.6 Å². The van der Waals surface area contributed by atoms with Gasteiger partial charge in [-0.1, -0.05) is 17.4 Å². The fraction of sp³-hybridized carbons (Fsp3) is 0.0667. The molecule has 0 aliphatic rings. The number of rotatable bonds is 4. The van der Waals surface area contributed by atoms with Crippen molar-refractivity contribution < 1.29 is 22.0 Å². The number of aromatic nitrogens is 1. The molecule has 0 saturated heterocycles. The molecule has 0 aliphatic heterocycles. The van der Waals surface area contributed by atoms with E-state index in [2.05, 4.69) is 15.0 Å². The van der Waals surface area contributed by atoms with Gasteiger partial charge in [0.25, 0.3) is 5.91 Å². The topological polar surface area (TPSA) is 88.2 Å². The molecule has 1 heterocycles. The second kappa shape index (κ2) is 6.37. The van der Waals surface area contributed by atoms with Crippen LogP contribution in [-0.2, 0) is 10.0 Å². The second-order valence-corrected chi connectivity index (χ2v) is 7.91. The third-order valence-corrected chi connectivity index (χ3v) is 4.74. The summed E-state index contributed by atoms with van der Waals surface area (Å²) in [4.78, 5) is 16.2. The number of carbonyl (C=O) groups is 1. The molecule has 130 valence electrons. The summed E-state index contributed by atoms with van der Waals surface area (Å²) in [6, 6.07) is 7.76. The Labute approximate surface area is 145 Å². The molecule has 0 aliphatic carbocycles. The molecule has 2 aromatic carbocycles. The zero-order chi connectivity index (χ0) is 18.2. The lowest BCUT2D eigenvalue weighted by atomic mass is 10.1. The first-order chi connectivity index (χ1) is 11.7. The number of amides is 1. The number of thiazole rings is 1. The highest BCUT2D eigenvalue weighted by molar-refractivity contribution is 7.92. The van der Waals surface area contributed by atoms with Crippen LogP contribution in [0.15, 0.2) is 36.4 Å². The lowest BCUT2D eigenvalue weighted by molar-refractivity contribution is 0.101. The fourth-order valence-corrected chi connectivity index (χ4v) is 3.85. The Bertz CT molecular complexity index is 1060. The zero-order valence-corrected chi connectivity index (χ0v) is 14.3. The average molecular weight is 383 g/mol. The van der Waals surface area contributed by atoms with Gasteiger partial charge in [0.15, 0.2) is 5.13 Å². The first-order valence-corrected chi connectivity index (χ1v) is 9.57. The minimum atomic E-state index is -3.45. The highest BCUT2D eigenvalue weighted by Gasteiger charge is 2.17. The van der Waals surface area contributed by atoms with Crippen LogP contribution in [0.25, 0.3) is 10.2 Å². The van der Waals surface area contributed by atoms with Gasteiger partial charge < -0.3 is 5.32 Å². The summed E-state index contributed by atoms with van der Waals surface area (Å²) >= 11 is 1.07. The maximum Gasteiger partial charge on any atom is 0.261 e. The van der Waals surface area contributed by atoms with E-state index in [0.717, 1.165) is 29.7 Å². The lowest BCUT2D eigenvalue weighted by Gasteiger charge is -2.07. The Balaban J connectivity index is 1.88. The molecule has 2 N–H and O–H groups in total. The fourth-order valence-electron chi connectivity index (χ4n) is 2.11. The molecule has 0 unspecified atom stereocenters. The molecule has 25 heavy (non-hydrogen) atoms. The Hall–Kier alpha value is -2.59. The Morgan fingerprint density at radius 2 is 1.84 bits per heavy atom. The first-order valence-electron chi connectivity index (χ1n) is 6.87. The highest BCUT2D eigenvalue weighted by Crippen LogP contribution is 2.29. The molecule has 0 fully saturated rings. The Morgan fingerprint density at radius 1 is 1.16 bits per heavy atom. The van der Waals surface area contributed by atoms with E-state index in [9.17, 15) is 22.0 Å². The van der Waals surface area contributed by atoms with Crippen LogP contribution < -0.4 is 10.0 Å². The van der Waals surface area contributed by atoms with E-state index in [-0.39, 0.29) is 5.13 Å². The van der Waals surface area contributed by atoms with E-state index in [1.165, 1.54) is 18.2 Å². The molecule has 0 radical (unpaired) electrons. The molecule has 0 bridgehead atoms. The van der Waals surface area contributed by atoms with Gasteiger partial charge in [0.1, 0.15) is 17.2 Å². The minimum absolute atomic E-state index is 0.182. The van der Waals surface area contributed by atoms with Crippen LogP contribution in [0.2, 0.25) is 0 Å². The summed E-state index contributed by atoms with van der Waals surface area (Å²) in [5.41, 5.74) is 0.146. The van der Waals surface area contributed by atoms with Gasteiger partial charge in [-0.3, -0.25) is 9.52 Å². The number of nitrogens with zero attached hydrogens (tertiary/aromatic N) is 1. The van der Waals surface area contributed by atoms with E-state index in [1.807, 2.05) is 0 Å². The monoisotopic (exact) mass is 383 g/mol. The number of carbonyl (C=O) groups excluding carboxylic acids is 1. The molecule has 0 spiro atoms. The largest absolute Gasteiger partial charge is 0.322 e. The third-order valence-electron chi connectivity index (χ3n) is 3.11. The maximum atomic E-state index is 13.6. The van der Waals surface area contributed by atoms with Crippen LogP contribution in [0.4, 0.5) is 19.6 Å². The molecule has 3 rings (SSSR count). The molecule has 1 amide bonds. The van der Waals surface area contributed by atoms with Crippen molar-refractivity contribution in [2.45, 2.75) is 0 Å². The van der Waals surface area contributed by atoms with E-state index < -0.39 is 33.1 Å². The summed E-state index contributed by atoms with van der Waals surface area (Å²) in [6.07, 6.45) is 1.01. The van der Waals surface area contributed by atoms with Gasteiger partial charge in [-0.25, -0.2) is 22.2 Å². The number of benzene rings is 2. The normalized spacial score (nSPS) is 11.5. The van der Waals surface area contributed by atoms with E-state index in [0.29, 0.717) is 15.9 Å². The van der Waals surface area contributed by atoms with Crippen LogP contribution in [0.1, 0.15) is 10.4 Å². The van der Waals surface area contributed by atoms with Gasteiger partial charge in [0, 0.05) is 5.69 Å². The van der Waals surface area contributed by atoms with Crippen molar-refractivity contribution in [3.8, 4) is 0 Å². The van der Waals surface area contributed by atoms with Gasteiger partial charge in [-0.2, -0.15) is 0 Å². The number of anilines is 2. The summed E-state index contributed by atoms with van der Waals surface area (Å²) < 4.78 is 52.6. The SMILES string of the molecule is CS(=O)(=O)Nc1nc2ccc(NC(=O)c3c(F)cccc3F)cc2s1. The molecule has 10 heteroatoms. The van der Waals surface area contributed by atoms with Crippen LogP contribution in [0.5, 0.6) is 0 Å². The molecular formula is C15H11F2N3O3S2. The van der Waals surface area contributed by atoms with E-state index in [1.54, 1.807) is 6.07 Å². The van der Waals surface area contributed by atoms with Gasteiger partial charge in [-0.15, -0.1) is 0 Å². The number of halogens is 2. The van der Waals surface area contributed by atoms with Crippen LogP contribution in [0, 0.1) is 11.6 Å². The smallest absolute Gasteiger partial charge is 0.261 e. The van der Waals surface area contributed by atoms with Gasteiger partial charge in [-0.05, 0) is 30.3 Å². The number of hydrogen-bond acceptors (Lipinski definition) is 5. The highest BCUT2D eigenvalue weighted by atomic mass is 32.2. The molecule has 0 atom stereocenters. The quantitative estimate of drug-likeness (QED) is 0.724. The number of fused-ring (bicyclic) bond motifs is 1. The molecule has 3 aromatic rings. The maximum absolute atomic E-state index is 13.6. The van der Waals surface area contributed by atoms with Gasteiger partial charge in [0.2, 0.25) is 10.0 Å². The average Bonchev–Trinajstić information content (AvgIpc) is 2.86. The van der Waals surface area contributed by atoms with Crippen LogP contribution in [0.3, 0.4) is 0 Å². The first kappa shape index (κ1) is 17.2. The Kier molecular flexibility index (Phi) is 4.39. The summed E-state index contributed by atoms with van der Waals surface area (Å²) in [6.45, 7) is 0. The van der Waals surface area contributed by atoms with E-state index in [4.69, 9.17) is 0 Å². The van der Waals surface area contributed by atoms with Gasteiger partial charge >= 0.3 is 0 Å². The molecule has 1 aromatic heterocycles. The van der Waals surface area contributed by atoms with Crippen molar-refractivity contribution in [1.29, 1.82) is 0 Å². The van der Waals surface area contributed by atoms with Crippen molar-refractivity contribution in [1.82, 2.24) is 4.98 Å². The minimum Gasteiger partial charge on any atom is -0.322 e. The lowest BCUT2D eigenvalue weighted by Crippen LogP contribution is -2.15. The van der Waals surface area contributed by atoms with Gasteiger partial charge in [0.05, 0.1) is 16.5 Å². The molecular weight excluding hydrogens is 372 g/mol. The third kappa shape index (κ3) is 3.91. The molecule has 0 saturated carbocycles. The molecule has 6 nitrogen and oxygen atoms in total. The summed E-state index contributed by atoms with van der Waals surface area (Å²) in [5, 5.41) is 2.59. The van der Waals surface area contributed by atoms with Crippen molar-refractivity contribution in [2.75, 3.05) is 16.3 Å².